The second-order valence-electron chi connectivity index (χ2n) is 6.22. The van der Waals surface area contributed by atoms with Gasteiger partial charge in [0.05, 0.1) is 12.2 Å². The molecular weight excluding hydrogens is 384 g/mol. The van der Waals surface area contributed by atoms with E-state index in [9.17, 15) is 18.4 Å². The van der Waals surface area contributed by atoms with E-state index in [-0.39, 0.29) is 23.7 Å². The van der Waals surface area contributed by atoms with Gasteiger partial charge in [-0.1, -0.05) is 29.8 Å². The van der Waals surface area contributed by atoms with Gasteiger partial charge in [-0.05, 0) is 44.5 Å². The zero-order valence-corrected chi connectivity index (χ0v) is 16.4. The third kappa shape index (κ3) is 6.74. The summed E-state index contributed by atoms with van der Waals surface area (Å²) in [5.41, 5.74) is 2.07. The molecule has 2 aromatic carbocycles. The zero-order chi connectivity index (χ0) is 21.4. The van der Waals surface area contributed by atoms with Crippen molar-refractivity contribution in [2.45, 2.75) is 40.0 Å². The number of esters is 1. The second-order valence-corrected chi connectivity index (χ2v) is 6.22. The van der Waals surface area contributed by atoms with E-state index < -0.39 is 24.6 Å². The van der Waals surface area contributed by atoms with Crippen LogP contribution in [0.25, 0.3) is 0 Å². The highest BCUT2D eigenvalue weighted by Gasteiger charge is 2.20. The van der Waals surface area contributed by atoms with Crippen LogP contribution >= 0.6 is 0 Å². The standard InChI is InChI=1S/C21H23F2NO5/c1-4-27-18-11-16(9-10-17(18)29-21(22)23)20(26)28-14(3)19(25)24-12-15-7-5-13(2)6-8-15/h5-11,14,21H,4,12H2,1-3H3,(H,24,25)/t14-/m1/s1. The first-order chi connectivity index (χ1) is 13.8. The van der Waals surface area contributed by atoms with Gasteiger partial charge in [0.2, 0.25) is 0 Å². The fourth-order valence-corrected chi connectivity index (χ4v) is 2.42. The Morgan fingerprint density at radius 2 is 1.76 bits per heavy atom. The predicted molar refractivity (Wildman–Crippen MR) is 102 cm³/mol. The summed E-state index contributed by atoms with van der Waals surface area (Å²) in [5.74, 6) is -1.45. The minimum absolute atomic E-state index is 0.0151. The van der Waals surface area contributed by atoms with Crippen molar-refractivity contribution in [3.8, 4) is 11.5 Å². The fraction of sp³-hybridized carbons (Fsp3) is 0.333. The summed E-state index contributed by atoms with van der Waals surface area (Å²) in [5, 5.41) is 2.69. The molecule has 0 aliphatic heterocycles. The number of hydrogen-bond acceptors (Lipinski definition) is 5. The molecule has 0 aromatic heterocycles. The van der Waals surface area contributed by atoms with Gasteiger partial charge in [0.1, 0.15) is 0 Å². The summed E-state index contributed by atoms with van der Waals surface area (Å²) in [4.78, 5) is 24.5. The summed E-state index contributed by atoms with van der Waals surface area (Å²) < 4.78 is 39.7. The van der Waals surface area contributed by atoms with Gasteiger partial charge in [-0.3, -0.25) is 4.79 Å². The van der Waals surface area contributed by atoms with Gasteiger partial charge in [0.25, 0.3) is 5.91 Å². The minimum Gasteiger partial charge on any atom is -0.490 e. The Kier molecular flexibility index (Phi) is 7.94. The molecule has 0 spiro atoms. The lowest BCUT2D eigenvalue weighted by molar-refractivity contribution is -0.129. The molecule has 6 nitrogen and oxygen atoms in total. The van der Waals surface area contributed by atoms with E-state index in [1.165, 1.54) is 25.1 Å². The average Bonchev–Trinajstić information content (AvgIpc) is 2.68. The SMILES string of the molecule is CCOc1cc(C(=O)O[C@H](C)C(=O)NCc2ccc(C)cc2)ccc1OC(F)F. The van der Waals surface area contributed by atoms with Crippen LogP contribution in [0.2, 0.25) is 0 Å². The molecule has 0 saturated carbocycles. The summed E-state index contributed by atoms with van der Waals surface area (Å²) in [6.45, 7) is 2.54. The lowest BCUT2D eigenvalue weighted by Crippen LogP contribution is -2.35. The molecule has 1 N–H and O–H groups in total. The molecule has 2 aromatic rings. The molecule has 0 radical (unpaired) electrons. The molecule has 0 heterocycles. The van der Waals surface area contributed by atoms with E-state index in [1.54, 1.807) is 6.92 Å². The second kappa shape index (κ2) is 10.4. The van der Waals surface area contributed by atoms with Crippen molar-refractivity contribution in [2.24, 2.45) is 0 Å². The van der Waals surface area contributed by atoms with E-state index >= 15 is 0 Å². The van der Waals surface area contributed by atoms with Gasteiger partial charge in [-0.25, -0.2) is 4.79 Å². The molecule has 1 amide bonds. The van der Waals surface area contributed by atoms with Gasteiger partial charge in [0, 0.05) is 6.54 Å². The molecule has 29 heavy (non-hydrogen) atoms. The highest BCUT2D eigenvalue weighted by molar-refractivity contribution is 5.92. The number of aryl methyl sites for hydroxylation is 1. The van der Waals surface area contributed by atoms with E-state index in [4.69, 9.17) is 9.47 Å². The molecule has 156 valence electrons. The molecule has 0 bridgehead atoms. The largest absolute Gasteiger partial charge is 0.490 e. The Labute approximate surface area is 167 Å². The third-order valence-electron chi connectivity index (χ3n) is 3.94. The average molecular weight is 407 g/mol. The number of alkyl halides is 2. The van der Waals surface area contributed by atoms with Crippen LogP contribution < -0.4 is 14.8 Å². The normalized spacial score (nSPS) is 11.7. The number of amides is 1. The number of benzene rings is 2. The molecule has 2 rings (SSSR count). The van der Waals surface area contributed by atoms with Crippen LogP contribution in [0.3, 0.4) is 0 Å². The number of rotatable bonds is 9. The lowest BCUT2D eigenvalue weighted by Gasteiger charge is -2.15. The maximum atomic E-state index is 12.5. The Balaban J connectivity index is 1.97. The summed E-state index contributed by atoms with van der Waals surface area (Å²) in [6, 6.07) is 11.3. The number of carbonyl (C=O) groups is 2. The Hall–Kier alpha value is -3.16. The fourth-order valence-electron chi connectivity index (χ4n) is 2.42. The van der Waals surface area contributed by atoms with E-state index in [1.807, 2.05) is 31.2 Å². The third-order valence-corrected chi connectivity index (χ3v) is 3.94. The molecule has 0 saturated heterocycles. The smallest absolute Gasteiger partial charge is 0.387 e. The first kappa shape index (κ1) is 22.1. The van der Waals surface area contributed by atoms with E-state index in [2.05, 4.69) is 10.1 Å². The highest BCUT2D eigenvalue weighted by Crippen LogP contribution is 2.30. The quantitative estimate of drug-likeness (QED) is 0.639. The van der Waals surface area contributed by atoms with Crippen molar-refractivity contribution in [2.75, 3.05) is 6.61 Å². The number of nitrogens with one attached hydrogen (secondary N) is 1. The van der Waals surface area contributed by atoms with Crippen molar-refractivity contribution >= 4 is 11.9 Å². The summed E-state index contributed by atoms with van der Waals surface area (Å²) >= 11 is 0. The van der Waals surface area contributed by atoms with Crippen LogP contribution in [0.5, 0.6) is 11.5 Å². The molecule has 8 heteroatoms. The van der Waals surface area contributed by atoms with Crippen LogP contribution in [0.15, 0.2) is 42.5 Å². The van der Waals surface area contributed by atoms with E-state index in [0.717, 1.165) is 11.1 Å². The maximum absolute atomic E-state index is 12.5. The van der Waals surface area contributed by atoms with Gasteiger partial charge in [-0.15, -0.1) is 0 Å². The van der Waals surface area contributed by atoms with Gasteiger partial charge < -0.3 is 19.5 Å². The van der Waals surface area contributed by atoms with Crippen molar-refractivity contribution in [1.29, 1.82) is 0 Å². The Bertz CT molecular complexity index is 839. The Morgan fingerprint density at radius 3 is 2.38 bits per heavy atom. The highest BCUT2D eigenvalue weighted by atomic mass is 19.3. The number of ether oxygens (including phenoxy) is 3. The van der Waals surface area contributed by atoms with Crippen LogP contribution in [0, 0.1) is 6.92 Å². The van der Waals surface area contributed by atoms with Crippen LogP contribution in [-0.2, 0) is 16.1 Å². The number of carbonyl (C=O) groups excluding carboxylic acids is 2. The minimum atomic E-state index is -3.02. The number of hydrogen-bond donors (Lipinski definition) is 1. The van der Waals surface area contributed by atoms with Crippen molar-refractivity contribution in [3.05, 3.63) is 59.2 Å². The van der Waals surface area contributed by atoms with Crippen LogP contribution in [0.1, 0.15) is 35.3 Å². The van der Waals surface area contributed by atoms with Crippen molar-refractivity contribution in [1.82, 2.24) is 5.32 Å². The lowest BCUT2D eigenvalue weighted by atomic mass is 10.1. The monoisotopic (exact) mass is 407 g/mol. The van der Waals surface area contributed by atoms with Crippen LogP contribution in [0.4, 0.5) is 8.78 Å². The summed E-state index contributed by atoms with van der Waals surface area (Å²) in [7, 11) is 0. The molecule has 1 atom stereocenters. The predicted octanol–water partition coefficient (Wildman–Crippen LogP) is 3.86. The topological polar surface area (TPSA) is 73.9 Å². The maximum Gasteiger partial charge on any atom is 0.387 e. The zero-order valence-electron chi connectivity index (χ0n) is 16.4. The molecular formula is C21H23F2NO5. The number of halogens is 2. The van der Waals surface area contributed by atoms with Crippen LogP contribution in [-0.4, -0.2) is 31.2 Å². The van der Waals surface area contributed by atoms with Crippen molar-refractivity contribution < 1.29 is 32.6 Å². The molecule has 0 fully saturated rings. The first-order valence-corrected chi connectivity index (χ1v) is 9.06. The molecule has 0 aliphatic carbocycles. The molecule has 0 unspecified atom stereocenters. The van der Waals surface area contributed by atoms with Gasteiger partial charge in [-0.2, -0.15) is 8.78 Å². The Morgan fingerprint density at radius 1 is 1.07 bits per heavy atom. The first-order valence-electron chi connectivity index (χ1n) is 9.06. The van der Waals surface area contributed by atoms with Crippen molar-refractivity contribution in [3.63, 3.8) is 0 Å². The van der Waals surface area contributed by atoms with E-state index in [0.29, 0.717) is 6.54 Å². The molecule has 0 aliphatic rings. The van der Waals surface area contributed by atoms with Gasteiger partial charge in [0.15, 0.2) is 17.6 Å². The summed E-state index contributed by atoms with van der Waals surface area (Å²) in [6.07, 6.45) is -1.04. The van der Waals surface area contributed by atoms with Gasteiger partial charge >= 0.3 is 12.6 Å².